The fourth-order valence-corrected chi connectivity index (χ4v) is 4.76. The summed E-state index contributed by atoms with van der Waals surface area (Å²) in [5, 5.41) is 13.1. The van der Waals surface area contributed by atoms with Crippen molar-refractivity contribution in [2.24, 2.45) is 0 Å². The van der Waals surface area contributed by atoms with Crippen LogP contribution < -0.4 is 14.4 Å². The lowest BCUT2D eigenvalue weighted by Gasteiger charge is -2.24. The van der Waals surface area contributed by atoms with E-state index < -0.39 is 17.7 Å². The highest BCUT2D eigenvalue weighted by Crippen LogP contribution is 2.44. The number of Topliss-reactive ketones (excluding diaryl/α,β-unsaturated/α-hetero) is 1. The Morgan fingerprint density at radius 1 is 1.03 bits per heavy atom. The molecule has 5 rings (SSSR count). The van der Waals surface area contributed by atoms with Gasteiger partial charge in [-0.25, -0.2) is 0 Å². The number of nitrogens with zero attached hydrogens (tertiary/aromatic N) is 1. The number of benzene rings is 2. The van der Waals surface area contributed by atoms with Crippen molar-refractivity contribution in [3.63, 3.8) is 0 Å². The molecular weight excluding hydrogens is 414 g/mol. The Kier molecular flexibility index (Phi) is 4.75. The second kappa shape index (κ2) is 7.59. The van der Waals surface area contributed by atoms with E-state index in [1.54, 1.807) is 24.3 Å². The van der Waals surface area contributed by atoms with Gasteiger partial charge in [0.25, 0.3) is 11.7 Å². The average molecular weight is 433 g/mol. The van der Waals surface area contributed by atoms with Crippen LogP contribution in [-0.4, -0.2) is 30.0 Å². The van der Waals surface area contributed by atoms with Crippen molar-refractivity contribution in [2.75, 3.05) is 18.1 Å². The van der Waals surface area contributed by atoms with Gasteiger partial charge in [-0.3, -0.25) is 14.5 Å². The first-order valence-electron chi connectivity index (χ1n) is 9.85. The van der Waals surface area contributed by atoms with Gasteiger partial charge in [0.05, 0.1) is 5.57 Å². The number of anilines is 1. The Bertz CT molecular complexity index is 1210. The van der Waals surface area contributed by atoms with Gasteiger partial charge < -0.3 is 14.6 Å². The molecule has 0 bridgehead atoms. The van der Waals surface area contributed by atoms with Gasteiger partial charge in [-0.15, -0.1) is 11.3 Å². The topological polar surface area (TPSA) is 76.1 Å². The van der Waals surface area contributed by atoms with Crippen molar-refractivity contribution in [2.45, 2.75) is 13.0 Å². The largest absolute Gasteiger partial charge is 0.507 e. The molecule has 1 unspecified atom stereocenters. The molecule has 0 saturated carbocycles. The van der Waals surface area contributed by atoms with Crippen LogP contribution in [0.3, 0.4) is 0 Å². The van der Waals surface area contributed by atoms with Crippen LogP contribution in [0.1, 0.15) is 22.0 Å². The smallest absolute Gasteiger partial charge is 0.300 e. The van der Waals surface area contributed by atoms with E-state index in [9.17, 15) is 14.7 Å². The Hall–Kier alpha value is -3.58. The van der Waals surface area contributed by atoms with Gasteiger partial charge in [-0.1, -0.05) is 18.2 Å². The van der Waals surface area contributed by atoms with Gasteiger partial charge in [0.2, 0.25) is 0 Å². The Labute approximate surface area is 183 Å². The highest BCUT2D eigenvalue weighted by atomic mass is 32.1. The molecule has 2 aliphatic rings. The number of aliphatic hydroxyl groups excluding tert-OH is 1. The first-order valence-corrected chi connectivity index (χ1v) is 10.7. The quantitative estimate of drug-likeness (QED) is 0.375. The number of carbonyl (C=O) groups is 2. The first kappa shape index (κ1) is 19.4. The van der Waals surface area contributed by atoms with E-state index >= 15 is 0 Å². The van der Waals surface area contributed by atoms with E-state index in [1.165, 1.54) is 16.2 Å². The van der Waals surface area contributed by atoms with Crippen LogP contribution in [0.5, 0.6) is 11.5 Å². The maximum Gasteiger partial charge on any atom is 0.300 e. The molecule has 0 aliphatic carbocycles. The molecule has 1 amide bonds. The summed E-state index contributed by atoms with van der Waals surface area (Å²) in [4.78, 5) is 28.5. The zero-order chi connectivity index (χ0) is 21.5. The Balaban J connectivity index is 1.68. The summed E-state index contributed by atoms with van der Waals surface area (Å²) in [6, 6.07) is 15.4. The molecule has 31 heavy (non-hydrogen) atoms. The SMILES string of the molecule is Cc1cccc(N2C(=O)C(=O)/C(=C(\O)c3ccc4c(c3)OCCO4)C2c2cccs2)c1. The Morgan fingerprint density at radius 2 is 1.84 bits per heavy atom. The number of ketones is 1. The van der Waals surface area contributed by atoms with Gasteiger partial charge >= 0.3 is 0 Å². The van der Waals surface area contributed by atoms with E-state index in [-0.39, 0.29) is 11.3 Å². The maximum atomic E-state index is 13.1. The van der Waals surface area contributed by atoms with Crippen molar-refractivity contribution < 1.29 is 24.2 Å². The number of aryl methyl sites for hydroxylation is 1. The number of amides is 1. The monoisotopic (exact) mass is 433 g/mol. The minimum atomic E-state index is -0.715. The summed E-state index contributed by atoms with van der Waals surface area (Å²) in [6.07, 6.45) is 0. The summed E-state index contributed by atoms with van der Waals surface area (Å²) in [5.74, 6) is -0.534. The van der Waals surface area contributed by atoms with E-state index in [1.807, 2.05) is 42.6 Å². The van der Waals surface area contributed by atoms with E-state index in [0.717, 1.165) is 10.4 Å². The molecule has 0 spiro atoms. The molecule has 156 valence electrons. The summed E-state index contributed by atoms with van der Waals surface area (Å²) in [7, 11) is 0. The zero-order valence-corrected chi connectivity index (χ0v) is 17.5. The molecular formula is C24H19NO5S. The highest BCUT2D eigenvalue weighted by Gasteiger charge is 2.47. The van der Waals surface area contributed by atoms with Crippen LogP contribution in [-0.2, 0) is 9.59 Å². The van der Waals surface area contributed by atoms with Gasteiger partial charge in [0.15, 0.2) is 11.5 Å². The summed E-state index contributed by atoms with van der Waals surface area (Å²) < 4.78 is 11.1. The van der Waals surface area contributed by atoms with E-state index in [2.05, 4.69) is 0 Å². The van der Waals surface area contributed by atoms with Crippen LogP contribution in [0.15, 0.2) is 65.6 Å². The lowest BCUT2D eigenvalue weighted by atomic mass is 9.99. The minimum absolute atomic E-state index is 0.0608. The predicted molar refractivity (Wildman–Crippen MR) is 118 cm³/mol. The second-order valence-electron chi connectivity index (χ2n) is 7.38. The van der Waals surface area contributed by atoms with Gasteiger partial charge in [-0.2, -0.15) is 0 Å². The first-order chi connectivity index (χ1) is 15.0. The molecule has 1 aromatic heterocycles. The summed E-state index contributed by atoms with van der Waals surface area (Å²) >= 11 is 1.43. The van der Waals surface area contributed by atoms with Crippen LogP contribution in [0, 0.1) is 6.92 Å². The fraction of sp³-hybridized carbons (Fsp3) is 0.167. The average Bonchev–Trinajstić information content (AvgIpc) is 3.40. The number of rotatable bonds is 3. The number of hydrogen-bond donors (Lipinski definition) is 1. The number of fused-ring (bicyclic) bond motifs is 1. The molecule has 1 N–H and O–H groups in total. The molecule has 1 atom stereocenters. The number of hydrogen-bond acceptors (Lipinski definition) is 6. The highest BCUT2D eigenvalue weighted by molar-refractivity contribution is 7.10. The van der Waals surface area contributed by atoms with E-state index in [0.29, 0.717) is 36.0 Å². The number of ether oxygens (including phenoxy) is 2. The van der Waals surface area contributed by atoms with Crippen LogP contribution >= 0.6 is 11.3 Å². The van der Waals surface area contributed by atoms with Crippen molar-refractivity contribution in [1.29, 1.82) is 0 Å². The number of aliphatic hydroxyl groups is 1. The molecule has 2 aromatic carbocycles. The Morgan fingerprint density at radius 3 is 2.58 bits per heavy atom. The van der Waals surface area contributed by atoms with Crippen molar-refractivity contribution >= 4 is 34.5 Å². The third kappa shape index (κ3) is 3.27. The molecule has 1 fully saturated rings. The van der Waals surface area contributed by atoms with Gasteiger partial charge in [-0.05, 0) is 54.3 Å². The summed E-state index contributed by atoms with van der Waals surface area (Å²) in [6.45, 7) is 2.79. The number of carbonyl (C=O) groups excluding carboxylic acids is 2. The molecule has 1 saturated heterocycles. The van der Waals surface area contributed by atoms with Crippen LogP contribution in [0.4, 0.5) is 5.69 Å². The van der Waals surface area contributed by atoms with Crippen molar-refractivity contribution in [1.82, 2.24) is 0 Å². The predicted octanol–water partition coefficient (Wildman–Crippen LogP) is 4.45. The lowest BCUT2D eigenvalue weighted by molar-refractivity contribution is -0.132. The molecule has 2 aliphatic heterocycles. The third-order valence-corrected chi connectivity index (χ3v) is 6.28. The molecule has 7 heteroatoms. The van der Waals surface area contributed by atoms with Crippen molar-refractivity contribution in [3.8, 4) is 11.5 Å². The normalized spacial score (nSPS) is 19.6. The second-order valence-corrected chi connectivity index (χ2v) is 8.36. The molecule has 3 aromatic rings. The minimum Gasteiger partial charge on any atom is -0.507 e. The van der Waals surface area contributed by atoms with Gasteiger partial charge in [0.1, 0.15) is 25.0 Å². The molecule has 6 nitrogen and oxygen atoms in total. The fourth-order valence-electron chi connectivity index (χ4n) is 3.94. The summed E-state index contributed by atoms with van der Waals surface area (Å²) in [5.41, 5.74) is 2.04. The van der Waals surface area contributed by atoms with Crippen LogP contribution in [0.2, 0.25) is 0 Å². The molecule has 0 radical (unpaired) electrons. The standard InChI is InChI=1S/C24H19NO5S/c1-14-4-2-5-16(12-14)25-21(19-6-3-11-31-19)20(23(27)24(25)28)22(26)15-7-8-17-18(13-15)30-10-9-29-17/h2-8,11-13,21,26H,9-10H2,1H3/b22-20-. The van der Waals surface area contributed by atoms with Gasteiger partial charge in [0, 0.05) is 16.1 Å². The lowest BCUT2D eigenvalue weighted by Crippen LogP contribution is -2.29. The zero-order valence-electron chi connectivity index (χ0n) is 16.7. The third-order valence-electron chi connectivity index (χ3n) is 5.35. The maximum absolute atomic E-state index is 13.1. The molecule has 3 heterocycles. The number of thiophene rings is 1. The van der Waals surface area contributed by atoms with Crippen LogP contribution in [0.25, 0.3) is 5.76 Å². The van der Waals surface area contributed by atoms with E-state index in [4.69, 9.17) is 9.47 Å². The van der Waals surface area contributed by atoms with Crippen molar-refractivity contribution in [3.05, 3.63) is 81.6 Å².